The third kappa shape index (κ3) is 8.00. The molecule has 0 heterocycles. The quantitative estimate of drug-likeness (QED) is 0.264. The van der Waals surface area contributed by atoms with Gasteiger partial charge in [0.1, 0.15) is 11.4 Å². The standard InChI is InChI=1S/C18H28O5/c1-6-18(5,13-7-8-14(2)3)22-23-21-17(19)20-16-11-9-15(4)10-12-16/h9-12,14H,6-8,13H2,1-5H3. The van der Waals surface area contributed by atoms with E-state index < -0.39 is 11.8 Å². The van der Waals surface area contributed by atoms with E-state index in [1.54, 1.807) is 12.1 Å². The molecule has 0 aromatic heterocycles. The number of carbonyl (C=O) groups excluding carboxylic acids is 1. The summed E-state index contributed by atoms with van der Waals surface area (Å²) < 4.78 is 4.96. The van der Waals surface area contributed by atoms with Crippen LogP contribution in [0, 0.1) is 12.8 Å². The molecule has 0 radical (unpaired) electrons. The minimum absolute atomic E-state index is 0.388. The molecule has 1 unspecified atom stereocenters. The molecule has 0 spiro atoms. The van der Waals surface area contributed by atoms with Crippen molar-refractivity contribution < 1.29 is 24.3 Å². The number of benzene rings is 1. The molecule has 1 aromatic carbocycles. The van der Waals surface area contributed by atoms with Crippen molar-refractivity contribution in [2.75, 3.05) is 0 Å². The molecular formula is C18H28O5. The average Bonchev–Trinajstić information content (AvgIpc) is 2.49. The largest absolute Gasteiger partial charge is 0.548 e. The summed E-state index contributed by atoms with van der Waals surface area (Å²) in [4.78, 5) is 21.3. The Hall–Kier alpha value is -1.59. The molecule has 0 aliphatic heterocycles. The molecule has 0 bridgehead atoms. The first kappa shape index (κ1) is 19.5. The third-order valence-corrected chi connectivity index (χ3v) is 3.79. The maximum absolute atomic E-state index is 11.5. The summed E-state index contributed by atoms with van der Waals surface area (Å²) in [6.07, 6.45) is 2.77. The Morgan fingerprint density at radius 3 is 2.43 bits per heavy atom. The summed E-state index contributed by atoms with van der Waals surface area (Å²) in [5, 5.41) is 4.63. The van der Waals surface area contributed by atoms with Crippen LogP contribution < -0.4 is 4.74 Å². The van der Waals surface area contributed by atoms with Gasteiger partial charge in [-0.2, -0.15) is 4.89 Å². The van der Waals surface area contributed by atoms with E-state index in [0.717, 1.165) is 31.2 Å². The van der Waals surface area contributed by atoms with Gasteiger partial charge in [-0.25, -0.2) is 9.68 Å². The number of aryl methyl sites for hydroxylation is 1. The van der Waals surface area contributed by atoms with Gasteiger partial charge in [-0.15, -0.1) is 0 Å². The van der Waals surface area contributed by atoms with Crippen molar-refractivity contribution in [2.24, 2.45) is 5.92 Å². The first-order valence-corrected chi connectivity index (χ1v) is 8.15. The van der Waals surface area contributed by atoms with Gasteiger partial charge in [-0.3, -0.25) is 0 Å². The number of hydrogen-bond donors (Lipinski definition) is 0. The Morgan fingerprint density at radius 2 is 1.87 bits per heavy atom. The fourth-order valence-electron chi connectivity index (χ4n) is 2.01. The van der Waals surface area contributed by atoms with Crippen molar-refractivity contribution in [1.82, 2.24) is 0 Å². The van der Waals surface area contributed by atoms with E-state index in [-0.39, 0.29) is 0 Å². The first-order chi connectivity index (χ1) is 10.8. The fraction of sp³-hybridized carbons (Fsp3) is 0.611. The Morgan fingerprint density at radius 1 is 1.22 bits per heavy atom. The predicted molar refractivity (Wildman–Crippen MR) is 87.8 cm³/mol. The third-order valence-electron chi connectivity index (χ3n) is 3.79. The summed E-state index contributed by atoms with van der Waals surface area (Å²) in [5.74, 6) is 1.04. The predicted octanol–water partition coefficient (Wildman–Crippen LogP) is 5.37. The molecule has 0 aliphatic rings. The van der Waals surface area contributed by atoms with E-state index in [2.05, 4.69) is 23.8 Å². The number of hydrogen-bond acceptors (Lipinski definition) is 5. The van der Waals surface area contributed by atoms with E-state index in [1.807, 2.05) is 32.9 Å². The fourth-order valence-corrected chi connectivity index (χ4v) is 2.01. The molecule has 130 valence electrons. The molecule has 0 fully saturated rings. The minimum atomic E-state index is -0.963. The highest BCUT2D eigenvalue weighted by molar-refractivity contribution is 5.62. The Bertz CT molecular complexity index is 469. The van der Waals surface area contributed by atoms with Crippen LogP contribution in [0.4, 0.5) is 4.79 Å². The van der Waals surface area contributed by atoms with Crippen molar-refractivity contribution in [3.8, 4) is 5.75 Å². The summed E-state index contributed by atoms with van der Waals surface area (Å²) in [5.41, 5.74) is 0.587. The highest BCUT2D eigenvalue weighted by Gasteiger charge is 2.25. The maximum Gasteiger partial charge on any atom is 0.548 e. The monoisotopic (exact) mass is 324 g/mol. The molecule has 5 nitrogen and oxygen atoms in total. The van der Waals surface area contributed by atoms with Crippen LogP contribution in [0.5, 0.6) is 5.75 Å². The molecule has 0 saturated carbocycles. The van der Waals surface area contributed by atoms with Crippen molar-refractivity contribution >= 4 is 6.16 Å². The lowest BCUT2D eigenvalue weighted by Crippen LogP contribution is -2.29. The second-order valence-electron chi connectivity index (χ2n) is 6.49. The maximum atomic E-state index is 11.5. The van der Waals surface area contributed by atoms with Crippen LogP contribution in [-0.2, 0) is 14.8 Å². The van der Waals surface area contributed by atoms with Crippen LogP contribution in [0.2, 0.25) is 0 Å². The topological polar surface area (TPSA) is 54.0 Å². The molecule has 0 aliphatic carbocycles. The van der Waals surface area contributed by atoms with Gasteiger partial charge in [0.2, 0.25) is 0 Å². The van der Waals surface area contributed by atoms with Crippen LogP contribution in [0.25, 0.3) is 0 Å². The second kappa shape index (κ2) is 9.53. The van der Waals surface area contributed by atoms with E-state index in [1.165, 1.54) is 0 Å². The lowest BCUT2D eigenvalue weighted by atomic mass is 9.94. The molecular weight excluding hydrogens is 296 g/mol. The van der Waals surface area contributed by atoms with Crippen molar-refractivity contribution in [3.05, 3.63) is 29.8 Å². The van der Waals surface area contributed by atoms with Crippen LogP contribution in [0.3, 0.4) is 0 Å². The van der Waals surface area contributed by atoms with Crippen molar-refractivity contribution in [3.63, 3.8) is 0 Å². The highest BCUT2D eigenvalue weighted by atomic mass is 17.5. The molecule has 0 amide bonds. The van der Waals surface area contributed by atoms with Crippen LogP contribution in [-0.4, -0.2) is 11.8 Å². The van der Waals surface area contributed by atoms with Gasteiger partial charge >= 0.3 is 6.16 Å². The van der Waals surface area contributed by atoms with Gasteiger partial charge < -0.3 is 4.74 Å². The van der Waals surface area contributed by atoms with Gasteiger partial charge in [0.05, 0.1) is 0 Å². The minimum Gasteiger partial charge on any atom is -0.393 e. The summed E-state index contributed by atoms with van der Waals surface area (Å²) >= 11 is 0. The molecule has 1 atom stereocenters. The Balaban J connectivity index is 2.32. The van der Waals surface area contributed by atoms with Crippen LogP contribution >= 0.6 is 0 Å². The van der Waals surface area contributed by atoms with Crippen LogP contribution in [0.15, 0.2) is 24.3 Å². The number of carbonyl (C=O) groups is 1. The lowest BCUT2D eigenvalue weighted by molar-refractivity contribution is -0.518. The summed E-state index contributed by atoms with van der Waals surface area (Å²) in [6, 6.07) is 7.03. The van der Waals surface area contributed by atoms with E-state index >= 15 is 0 Å². The summed E-state index contributed by atoms with van der Waals surface area (Å²) in [6.45, 7) is 10.3. The summed E-state index contributed by atoms with van der Waals surface area (Å²) in [7, 11) is 0. The second-order valence-corrected chi connectivity index (χ2v) is 6.49. The van der Waals surface area contributed by atoms with Gasteiger partial charge in [0.15, 0.2) is 0 Å². The zero-order valence-electron chi connectivity index (χ0n) is 14.8. The van der Waals surface area contributed by atoms with E-state index in [9.17, 15) is 4.79 Å². The average molecular weight is 324 g/mol. The zero-order valence-corrected chi connectivity index (χ0v) is 14.8. The van der Waals surface area contributed by atoms with Gasteiger partial charge in [0.25, 0.3) is 0 Å². The number of rotatable bonds is 9. The zero-order chi connectivity index (χ0) is 17.3. The highest BCUT2D eigenvalue weighted by Crippen LogP contribution is 2.24. The molecule has 0 saturated heterocycles. The van der Waals surface area contributed by atoms with Crippen molar-refractivity contribution in [2.45, 2.75) is 65.9 Å². The lowest BCUT2D eigenvalue weighted by Gasteiger charge is -2.25. The molecule has 23 heavy (non-hydrogen) atoms. The van der Waals surface area contributed by atoms with E-state index in [4.69, 9.17) is 9.62 Å². The molecule has 5 heteroatoms. The Labute approximate surface area is 138 Å². The van der Waals surface area contributed by atoms with Gasteiger partial charge in [-0.05, 0) is 49.8 Å². The van der Waals surface area contributed by atoms with E-state index in [0.29, 0.717) is 11.7 Å². The molecule has 1 aromatic rings. The van der Waals surface area contributed by atoms with Crippen LogP contribution in [0.1, 0.15) is 58.9 Å². The number of ether oxygens (including phenoxy) is 1. The molecule has 1 rings (SSSR count). The smallest absolute Gasteiger partial charge is 0.393 e. The first-order valence-electron chi connectivity index (χ1n) is 8.15. The Kier molecular flexibility index (Phi) is 8.06. The van der Waals surface area contributed by atoms with Gasteiger partial charge in [0, 0.05) is 0 Å². The normalized spacial score (nSPS) is 13.7. The van der Waals surface area contributed by atoms with Gasteiger partial charge in [-0.1, -0.05) is 51.3 Å². The molecule has 0 N–H and O–H groups in total. The SMILES string of the molecule is CCC(C)(CCCC(C)C)OOOC(=O)Oc1ccc(C)cc1. The van der Waals surface area contributed by atoms with Crippen molar-refractivity contribution in [1.29, 1.82) is 0 Å².